The van der Waals surface area contributed by atoms with Crippen molar-refractivity contribution in [2.45, 2.75) is 39.7 Å². The van der Waals surface area contributed by atoms with Crippen LogP contribution < -0.4 is 0 Å². The molecule has 4 heteroatoms. The fourth-order valence-electron chi connectivity index (χ4n) is 2.69. The van der Waals surface area contributed by atoms with Gasteiger partial charge in [-0.05, 0) is 55.5 Å². The Morgan fingerprint density at radius 3 is 2.75 bits per heavy atom. The number of hydrogen-bond acceptors (Lipinski definition) is 2. The van der Waals surface area contributed by atoms with Gasteiger partial charge in [-0.15, -0.1) is 0 Å². The zero-order chi connectivity index (χ0) is 14.8. The standard InChI is InChI=1S/C16H22ClNO2/c1-16(2)6-3-8-18(9-7-16)11-13-5-4-12(15(19)20)10-14(13)17/h4-5,10H,3,6-9,11H2,1-2H3,(H,19,20). The normalized spacial score (nSPS) is 19.6. The summed E-state index contributed by atoms with van der Waals surface area (Å²) < 4.78 is 0. The molecule has 0 atom stereocenters. The average molecular weight is 296 g/mol. The van der Waals surface area contributed by atoms with Crippen LogP contribution in [0.4, 0.5) is 0 Å². The summed E-state index contributed by atoms with van der Waals surface area (Å²) in [5.74, 6) is -0.935. The molecule has 0 bridgehead atoms. The van der Waals surface area contributed by atoms with Crippen LogP contribution in [0.2, 0.25) is 5.02 Å². The first-order valence-electron chi connectivity index (χ1n) is 7.11. The maximum absolute atomic E-state index is 10.9. The molecule has 1 aromatic carbocycles. The fraction of sp³-hybridized carbons (Fsp3) is 0.562. The molecule has 1 saturated heterocycles. The van der Waals surface area contributed by atoms with E-state index in [1.807, 2.05) is 6.07 Å². The van der Waals surface area contributed by atoms with Crippen LogP contribution in [0, 0.1) is 5.41 Å². The molecule has 1 fully saturated rings. The van der Waals surface area contributed by atoms with Gasteiger partial charge in [-0.3, -0.25) is 4.90 Å². The lowest BCUT2D eigenvalue weighted by molar-refractivity contribution is 0.0697. The molecule has 0 aromatic heterocycles. The quantitative estimate of drug-likeness (QED) is 0.914. The van der Waals surface area contributed by atoms with Gasteiger partial charge in [-0.25, -0.2) is 4.79 Å². The van der Waals surface area contributed by atoms with Gasteiger partial charge >= 0.3 is 5.97 Å². The number of carboxylic acid groups (broad SMARTS) is 1. The van der Waals surface area contributed by atoms with Crippen LogP contribution in [0.5, 0.6) is 0 Å². The summed E-state index contributed by atoms with van der Waals surface area (Å²) in [6.45, 7) is 7.61. The van der Waals surface area contributed by atoms with Crippen LogP contribution in [-0.2, 0) is 6.54 Å². The monoisotopic (exact) mass is 295 g/mol. The summed E-state index contributed by atoms with van der Waals surface area (Å²) in [6, 6.07) is 5.01. The van der Waals surface area contributed by atoms with Crippen LogP contribution in [0.3, 0.4) is 0 Å². The first-order chi connectivity index (χ1) is 9.37. The number of benzene rings is 1. The molecule has 2 rings (SSSR count). The number of aromatic carboxylic acids is 1. The number of rotatable bonds is 3. The van der Waals surface area contributed by atoms with Crippen molar-refractivity contribution in [3.8, 4) is 0 Å². The summed E-state index contributed by atoms with van der Waals surface area (Å²) in [7, 11) is 0. The summed E-state index contributed by atoms with van der Waals surface area (Å²) in [5, 5.41) is 9.50. The molecular weight excluding hydrogens is 274 g/mol. The highest BCUT2D eigenvalue weighted by Gasteiger charge is 2.23. The summed E-state index contributed by atoms with van der Waals surface area (Å²) >= 11 is 6.20. The number of carbonyl (C=O) groups is 1. The summed E-state index contributed by atoms with van der Waals surface area (Å²) in [5.41, 5.74) is 1.68. The fourth-order valence-corrected chi connectivity index (χ4v) is 2.93. The predicted octanol–water partition coefficient (Wildman–Crippen LogP) is 4.05. The third-order valence-corrected chi connectivity index (χ3v) is 4.48. The first-order valence-corrected chi connectivity index (χ1v) is 7.49. The van der Waals surface area contributed by atoms with Crippen molar-refractivity contribution < 1.29 is 9.90 Å². The van der Waals surface area contributed by atoms with E-state index in [1.165, 1.54) is 19.3 Å². The Balaban J connectivity index is 2.05. The SMILES string of the molecule is CC1(C)CCCN(Cc2ccc(C(=O)O)cc2Cl)CC1. The topological polar surface area (TPSA) is 40.5 Å². The van der Waals surface area contributed by atoms with Gasteiger partial charge in [-0.1, -0.05) is 31.5 Å². The molecular formula is C16H22ClNO2. The third kappa shape index (κ3) is 3.97. The van der Waals surface area contributed by atoms with Crippen LogP contribution in [-0.4, -0.2) is 29.1 Å². The Bertz CT molecular complexity index is 499. The van der Waals surface area contributed by atoms with Crippen molar-refractivity contribution in [1.29, 1.82) is 0 Å². The highest BCUT2D eigenvalue weighted by molar-refractivity contribution is 6.31. The summed E-state index contributed by atoms with van der Waals surface area (Å²) in [6.07, 6.45) is 3.66. The van der Waals surface area contributed by atoms with E-state index >= 15 is 0 Å². The molecule has 0 spiro atoms. The van der Waals surface area contributed by atoms with Gasteiger partial charge in [0.25, 0.3) is 0 Å². The lowest BCUT2D eigenvalue weighted by atomic mass is 9.85. The van der Waals surface area contributed by atoms with E-state index in [1.54, 1.807) is 12.1 Å². The molecule has 1 aliphatic rings. The maximum Gasteiger partial charge on any atom is 0.335 e. The van der Waals surface area contributed by atoms with Crippen molar-refractivity contribution in [2.24, 2.45) is 5.41 Å². The number of nitrogens with zero attached hydrogens (tertiary/aromatic N) is 1. The van der Waals surface area contributed by atoms with Crippen LogP contribution >= 0.6 is 11.6 Å². The van der Waals surface area contributed by atoms with Gasteiger partial charge in [-0.2, -0.15) is 0 Å². The van der Waals surface area contributed by atoms with Gasteiger partial charge in [0.1, 0.15) is 0 Å². The molecule has 110 valence electrons. The zero-order valence-corrected chi connectivity index (χ0v) is 12.9. The zero-order valence-electron chi connectivity index (χ0n) is 12.2. The van der Waals surface area contributed by atoms with E-state index in [4.69, 9.17) is 16.7 Å². The number of halogens is 1. The molecule has 20 heavy (non-hydrogen) atoms. The summed E-state index contributed by atoms with van der Waals surface area (Å²) in [4.78, 5) is 13.3. The molecule has 1 N–H and O–H groups in total. The van der Waals surface area contributed by atoms with Crippen molar-refractivity contribution in [2.75, 3.05) is 13.1 Å². The van der Waals surface area contributed by atoms with E-state index < -0.39 is 5.97 Å². The average Bonchev–Trinajstić information content (AvgIpc) is 2.53. The Morgan fingerprint density at radius 1 is 1.35 bits per heavy atom. The second-order valence-electron chi connectivity index (χ2n) is 6.41. The van der Waals surface area contributed by atoms with Crippen LogP contribution in [0.25, 0.3) is 0 Å². The Morgan fingerprint density at radius 2 is 2.10 bits per heavy atom. The van der Waals surface area contributed by atoms with E-state index in [9.17, 15) is 4.79 Å². The van der Waals surface area contributed by atoms with E-state index in [-0.39, 0.29) is 5.56 Å². The van der Waals surface area contributed by atoms with E-state index in [0.29, 0.717) is 10.4 Å². The third-order valence-electron chi connectivity index (χ3n) is 4.13. The number of likely N-dealkylation sites (tertiary alicyclic amines) is 1. The van der Waals surface area contributed by atoms with Gasteiger partial charge in [0.05, 0.1) is 5.56 Å². The van der Waals surface area contributed by atoms with Crippen LogP contribution in [0.15, 0.2) is 18.2 Å². The molecule has 0 aliphatic carbocycles. The molecule has 0 amide bonds. The maximum atomic E-state index is 10.9. The minimum Gasteiger partial charge on any atom is -0.478 e. The van der Waals surface area contributed by atoms with Crippen molar-refractivity contribution in [3.63, 3.8) is 0 Å². The molecule has 0 saturated carbocycles. The lowest BCUT2D eigenvalue weighted by Gasteiger charge is -2.23. The van der Waals surface area contributed by atoms with Gasteiger partial charge in [0.15, 0.2) is 0 Å². The Labute approximate surface area is 125 Å². The molecule has 0 radical (unpaired) electrons. The Kier molecular flexibility index (Phi) is 4.71. The number of hydrogen-bond donors (Lipinski definition) is 1. The highest BCUT2D eigenvalue weighted by atomic mass is 35.5. The molecule has 1 aromatic rings. The minimum atomic E-state index is -0.935. The molecule has 1 heterocycles. The van der Waals surface area contributed by atoms with E-state index in [2.05, 4.69) is 18.7 Å². The minimum absolute atomic E-state index is 0.246. The molecule has 0 unspecified atom stereocenters. The van der Waals surface area contributed by atoms with Crippen molar-refractivity contribution >= 4 is 17.6 Å². The number of carboxylic acids is 1. The van der Waals surface area contributed by atoms with Crippen molar-refractivity contribution in [1.82, 2.24) is 4.90 Å². The second kappa shape index (κ2) is 6.15. The van der Waals surface area contributed by atoms with Gasteiger partial charge in [0.2, 0.25) is 0 Å². The Hall–Kier alpha value is -1.06. The highest BCUT2D eigenvalue weighted by Crippen LogP contribution is 2.30. The van der Waals surface area contributed by atoms with E-state index in [0.717, 1.165) is 25.2 Å². The smallest absolute Gasteiger partial charge is 0.335 e. The molecule has 3 nitrogen and oxygen atoms in total. The van der Waals surface area contributed by atoms with Gasteiger partial charge < -0.3 is 5.11 Å². The second-order valence-corrected chi connectivity index (χ2v) is 6.81. The largest absolute Gasteiger partial charge is 0.478 e. The predicted molar refractivity (Wildman–Crippen MR) is 81.3 cm³/mol. The van der Waals surface area contributed by atoms with Gasteiger partial charge in [0, 0.05) is 11.6 Å². The molecule has 1 aliphatic heterocycles. The lowest BCUT2D eigenvalue weighted by Crippen LogP contribution is -2.25. The first kappa shape index (κ1) is 15.3. The van der Waals surface area contributed by atoms with Crippen molar-refractivity contribution in [3.05, 3.63) is 34.3 Å². The van der Waals surface area contributed by atoms with Crippen LogP contribution in [0.1, 0.15) is 49.0 Å².